The summed E-state index contributed by atoms with van der Waals surface area (Å²) in [6, 6.07) is 21.6. The third kappa shape index (κ3) is 6.88. The summed E-state index contributed by atoms with van der Waals surface area (Å²) in [6.07, 6.45) is 2.97. The summed E-state index contributed by atoms with van der Waals surface area (Å²) >= 11 is 0. The highest BCUT2D eigenvalue weighted by Crippen LogP contribution is 2.29. The molecule has 0 aromatic heterocycles. The van der Waals surface area contributed by atoms with Gasteiger partial charge < -0.3 is 24.4 Å². The van der Waals surface area contributed by atoms with Crippen LogP contribution in [0.1, 0.15) is 29.5 Å². The summed E-state index contributed by atoms with van der Waals surface area (Å²) in [5, 5.41) is 9.31. The number of carbonyl (C=O) groups excluding carboxylic acids is 2. The van der Waals surface area contributed by atoms with Crippen molar-refractivity contribution in [2.75, 3.05) is 32.2 Å². The van der Waals surface area contributed by atoms with Crippen molar-refractivity contribution in [2.24, 2.45) is 5.92 Å². The van der Waals surface area contributed by atoms with Gasteiger partial charge in [0.2, 0.25) is 5.91 Å². The minimum absolute atomic E-state index is 0.0472. The van der Waals surface area contributed by atoms with Gasteiger partial charge in [0.25, 0.3) is 0 Å². The molecular formula is C32H34N2O6. The van der Waals surface area contributed by atoms with Gasteiger partial charge in [-0.05, 0) is 77.9 Å². The van der Waals surface area contributed by atoms with Crippen molar-refractivity contribution in [3.63, 3.8) is 0 Å². The molecule has 208 valence electrons. The quantitative estimate of drug-likeness (QED) is 0.286. The van der Waals surface area contributed by atoms with Crippen molar-refractivity contribution in [3.8, 4) is 16.9 Å². The average molecular weight is 543 g/mol. The van der Waals surface area contributed by atoms with Crippen LogP contribution in [0.2, 0.25) is 0 Å². The largest absolute Gasteiger partial charge is 0.496 e. The lowest BCUT2D eigenvalue weighted by Crippen LogP contribution is -2.44. The Hall–Kier alpha value is -4.59. The molecule has 0 unspecified atom stereocenters. The van der Waals surface area contributed by atoms with Crippen LogP contribution in [0.3, 0.4) is 0 Å². The van der Waals surface area contributed by atoms with E-state index in [1.165, 1.54) is 18.1 Å². The Morgan fingerprint density at radius 1 is 0.975 bits per heavy atom. The predicted molar refractivity (Wildman–Crippen MR) is 154 cm³/mol. The van der Waals surface area contributed by atoms with E-state index >= 15 is 0 Å². The minimum atomic E-state index is -0.958. The molecule has 0 saturated carbocycles. The number of methoxy groups -OCH3 is 2. The number of hydrogen-bond acceptors (Lipinski definition) is 5. The van der Waals surface area contributed by atoms with E-state index < -0.39 is 12.1 Å². The molecular weight excluding hydrogens is 508 g/mol. The zero-order valence-electron chi connectivity index (χ0n) is 23.0. The minimum Gasteiger partial charge on any atom is -0.496 e. The van der Waals surface area contributed by atoms with Crippen molar-refractivity contribution in [3.05, 3.63) is 89.5 Å². The van der Waals surface area contributed by atoms with Crippen LogP contribution in [0.15, 0.2) is 72.8 Å². The summed E-state index contributed by atoms with van der Waals surface area (Å²) in [6.45, 7) is 3.02. The van der Waals surface area contributed by atoms with Crippen LogP contribution in [0.4, 0.5) is 10.5 Å². The maximum Gasteiger partial charge on any atom is 0.407 e. The molecule has 0 radical (unpaired) electrons. The molecule has 1 N–H and O–H groups in total. The van der Waals surface area contributed by atoms with Gasteiger partial charge in [-0.3, -0.25) is 4.79 Å². The predicted octanol–water partition coefficient (Wildman–Crippen LogP) is 5.78. The number of rotatable bonds is 8. The molecule has 1 aliphatic heterocycles. The van der Waals surface area contributed by atoms with E-state index in [0.29, 0.717) is 38.2 Å². The van der Waals surface area contributed by atoms with Crippen LogP contribution in [0.25, 0.3) is 17.2 Å². The second kappa shape index (κ2) is 13.0. The van der Waals surface area contributed by atoms with Gasteiger partial charge in [-0.1, -0.05) is 42.5 Å². The van der Waals surface area contributed by atoms with Gasteiger partial charge in [-0.25, -0.2) is 9.59 Å². The van der Waals surface area contributed by atoms with Gasteiger partial charge in [0, 0.05) is 30.8 Å². The fraction of sp³-hybridized carbons (Fsp3) is 0.281. The Morgan fingerprint density at radius 3 is 2.30 bits per heavy atom. The number of ether oxygens (including phenoxy) is 2. The molecule has 0 aliphatic carbocycles. The topological polar surface area (TPSA) is 96.4 Å². The van der Waals surface area contributed by atoms with Crippen molar-refractivity contribution in [1.82, 2.24) is 4.90 Å². The summed E-state index contributed by atoms with van der Waals surface area (Å²) in [5.74, 6) is 0.0449. The first-order valence-corrected chi connectivity index (χ1v) is 13.2. The number of anilines is 1. The SMILES string of the molecule is COC(=O)/C=C/c1cccc(N(Cc2ccc(-c3ccc(OC)c(C)c3)cc2)C(=O)C2CCN(C(=O)O)CC2)c1. The Morgan fingerprint density at radius 2 is 1.68 bits per heavy atom. The number of esters is 1. The van der Waals surface area contributed by atoms with Crippen LogP contribution < -0.4 is 9.64 Å². The van der Waals surface area contributed by atoms with Crippen molar-refractivity contribution >= 4 is 29.7 Å². The number of amides is 2. The number of piperidine rings is 1. The summed E-state index contributed by atoms with van der Waals surface area (Å²) in [5.41, 5.74) is 5.60. The van der Waals surface area contributed by atoms with E-state index in [2.05, 4.69) is 10.8 Å². The highest BCUT2D eigenvalue weighted by atomic mass is 16.5. The van der Waals surface area contributed by atoms with Gasteiger partial charge in [0.1, 0.15) is 5.75 Å². The van der Waals surface area contributed by atoms with E-state index in [0.717, 1.165) is 33.6 Å². The van der Waals surface area contributed by atoms with Crippen LogP contribution in [0, 0.1) is 12.8 Å². The molecule has 0 bridgehead atoms. The number of hydrogen-bond donors (Lipinski definition) is 1. The van der Waals surface area contributed by atoms with Crippen molar-refractivity contribution in [2.45, 2.75) is 26.3 Å². The van der Waals surface area contributed by atoms with Gasteiger partial charge >= 0.3 is 12.1 Å². The second-order valence-corrected chi connectivity index (χ2v) is 9.80. The molecule has 0 spiro atoms. The Balaban J connectivity index is 1.60. The Bertz CT molecular complexity index is 1390. The van der Waals surface area contributed by atoms with Crippen molar-refractivity contribution < 1.29 is 29.0 Å². The highest BCUT2D eigenvalue weighted by molar-refractivity contribution is 5.95. The molecule has 2 amide bonds. The van der Waals surface area contributed by atoms with E-state index in [-0.39, 0.29) is 11.8 Å². The summed E-state index contributed by atoms with van der Waals surface area (Å²) in [7, 11) is 2.98. The molecule has 4 rings (SSSR count). The lowest BCUT2D eigenvalue weighted by molar-refractivity contribution is -0.134. The van der Waals surface area contributed by atoms with E-state index in [4.69, 9.17) is 4.74 Å². The molecule has 8 heteroatoms. The first-order chi connectivity index (χ1) is 19.3. The molecule has 40 heavy (non-hydrogen) atoms. The standard InChI is InChI=1S/C32H34N2O6/c1-22-19-27(12-13-29(22)39-2)25-10-7-24(8-11-25)21-34(31(36)26-15-17-33(18-16-26)32(37)38)28-6-4-5-23(20-28)9-14-30(35)40-3/h4-14,19-20,26H,15-18,21H2,1-3H3,(H,37,38)/b14-9+. The molecule has 1 aliphatic rings. The zero-order chi connectivity index (χ0) is 28.6. The first-order valence-electron chi connectivity index (χ1n) is 13.2. The molecule has 1 heterocycles. The fourth-order valence-electron chi connectivity index (χ4n) is 4.91. The molecule has 3 aromatic carbocycles. The fourth-order valence-corrected chi connectivity index (χ4v) is 4.91. The van der Waals surface area contributed by atoms with E-state index in [9.17, 15) is 19.5 Å². The maximum atomic E-state index is 13.8. The summed E-state index contributed by atoms with van der Waals surface area (Å²) in [4.78, 5) is 39.9. The summed E-state index contributed by atoms with van der Waals surface area (Å²) < 4.78 is 10.1. The van der Waals surface area contributed by atoms with Crippen LogP contribution in [-0.2, 0) is 20.9 Å². The molecule has 0 atom stereocenters. The number of carboxylic acid groups (broad SMARTS) is 1. The van der Waals surface area contributed by atoms with Crippen LogP contribution in [0.5, 0.6) is 5.75 Å². The normalized spacial score (nSPS) is 13.7. The molecule has 1 saturated heterocycles. The smallest absolute Gasteiger partial charge is 0.407 e. The molecule has 1 fully saturated rings. The average Bonchev–Trinajstić information content (AvgIpc) is 2.98. The van der Waals surface area contributed by atoms with Gasteiger partial charge in [0.15, 0.2) is 0 Å². The monoisotopic (exact) mass is 542 g/mol. The number of aryl methyl sites for hydroxylation is 1. The first kappa shape index (κ1) is 28.4. The highest BCUT2D eigenvalue weighted by Gasteiger charge is 2.31. The third-order valence-corrected chi connectivity index (χ3v) is 7.20. The van der Waals surface area contributed by atoms with Gasteiger partial charge in [-0.15, -0.1) is 0 Å². The third-order valence-electron chi connectivity index (χ3n) is 7.20. The zero-order valence-corrected chi connectivity index (χ0v) is 23.0. The van der Waals surface area contributed by atoms with E-state index in [1.54, 1.807) is 18.1 Å². The Labute approximate surface area is 234 Å². The van der Waals surface area contributed by atoms with Gasteiger partial charge in [-0.2, -0.15) is 0 Å². The Kier molecular flexibility index (Phi) is 9.22. The maximum absolute atomic E-state index is 13.8. The number of nitrogens with zero attached hydrogens (tertiary/aromatic N) is 2. The molecule has 3 aromatic rings. The number of likely N-dealkylation sites (tertiary alicyclic amines) is 1. The van der Waals surface area contributed by atoms with Crippen LogP contribution >= 0.6 is 0 Å². The van der Waals surface area contributed by atoms with E-state index in [1.807, 2.05) is 67.6 Å². The number of carbonyl (C=O) groups is 3. The van der Waals surface area contributed by atoms with Crippen molar-refractivity contribution in [1.29, 1.82) is 0 Å². The lowest BCUT2D eigenvalue weighted by Gasteiger charge is -2.33. The van der Waals surface area contributed by atoms with Crippen LogP contribution in [-0.4, -0.2) is 55.3 Å². The number of benzene rings is 3. The molecule has 8 nitrogen and oxygen atoms in total. The lowest BCUT2D eigenvalue weighted by atomic mass is 9.94. The second-order valence-electron chi connectivity index (χ2n) is 9.80. The van der Waals surface area contributed by atoms with Gasteiger partial charge in [0.05, 0.1) is 20.8 Å².